The summed E-state index contributed by atoms with van der Waals surface area (Å²) in [5, 5.41) is 3.46. The molecule has 5 aromatic rings. The van der Waals surface area contributed by atoms with E-state index in [0.717, 1.165) is 58.5 Å². The molecule has 1 heterocycles. The molecule has 0 bridgehead atoms. The molecule has 0 aliphatic rings. The molecule has 0 aliphatic heterocycles. The molecule has 0 saturated carbocycles. The molecule has 42 heavy (non-hydrogen) atoms. The van der Waals surface area contributed by atoms with Crippen LogP contribution in [0.15, 0.2) is 97.1 Å². The van der Waals surface area contributed by atoms with Gasteiger partial charge in [0.25, 0.3) is 5.91 Å². The summed E-state index contributed by atoms with van der Waals surface area (Å²) < 4.78 is 7.91. The summed E-state index contributed by atoms with van der Waals surface area (Å²) in [7, 11) is 3.51. The van der Waals surface area contributed by atoms with Gasteiger partial charge in [0.15, 0.2) is 6.73 Å². The predicted octanol–water partition coefficient (Wildman–Crippen LogP) is 7.17. The lowest BCUT2D eigenvalue weighted by atomic mass is 10.00. The number of imidazole rings is 1. The van der Waals surface area contributed by atoms with Crippen LogP contribution in [0.2, 0.25) is 0 Å². The fourth-order valence-electron chi connectivity index (χ4n) is 5.01. The van der Waals surface area contributed by atoms with Gasteiger partial charge in [-0.1, -0.05) is 80.1 Å². The van der Waals surface area contributed by atoms with Crippen molar-refractivity contribution in [1.29, 1.82) is 0 Å². The smallest absolute Gasteiger partial charge is 0.340 e. The summed E-state index contributed by atoms with van der Waals surface area (Å²) in [6.07, 6.45) is 2.80. The highest BCUT2D eigenvalue weighted by atomic mass is 16.5. The van der Waals surface area contributed by atoms with Gasteiger partial charge in [-0.2, -0.15) is 0 Å². The van der Waals surface area contributed by atoms with E-state index in [0.29, 0.717) is 17.7 Å². The first kappa shape index (κ1) is 28.6. The van der Waals surface area contributed by atoms with E-state index < -0.39 is 0 Å². The predicted molar refractivity (Wildman–Crippen MR) is 167 cm³/mol. The molecule has 0 unspecified atom stereocenters. The third-order valence-corrected chi connectivity index (χ3v) is 7.27. The number of hydrogen-bond acceptors (Lipinski definition) is 5. The fourth-order valence-corrected chi connectivity index (χ4v) is 5.01. The van der Waals surface area contributed by atoms with Crippen molar-refractivity contribution >= 4 is 28.6 Å². The first-order valence-corrected chi connectivity index (χ1v) is 14.3. The number of anilines is 1. The number of carbonyl (C=O) groups is 2. The first-order chi connectivity index (χ1) is 20.5. The minimum atomic E-state index is -0.380. The van der Waals surface area contributed by atoms with Crippen molar-refractivity contribution in [2.24, 2.45) is 0 Å². The van der Waals surface area contributed by atoms with E-state index in [1.54, 1.807) is 25.1 Å². The van der Waals surface area contributed by atoms with Crippen LogP contribution in [0, 0.1) is 0 Å². The van der Waals surface area contributed by atoms with E-state index in [2.05, 4.69) is 12.2 Å². The molecular formula is C35H36N4O3. The van der Waals surface area contributed by atoms with Crippen molar-refractivity contribution in [3.05, 3.63) is 120 Å². The molecule has 4 aromatic carbocycles. The lowest BCUT2D eigenvalue weighted by molar-refractivity contribution is 0.0375. The molecule has 1 N–H and O–H groups in total. The third kappa shape index (κ3) is 6.36. The van der Waals surface area contributed by atoms with Gasteiger partial charge in [0.1, 0.15) is 5.82 Å². The molecule has 0 saturated heterocycles. The van der Waals surface area contributed by atoms with Crippen molar-refractivity contribution in [3.8, 4) is 11.1 Å². The van der Waals surface area contributed by atoms with Gasteiger partial charge in [0.05, 0.1) is 16.6 Å². The van der Waals surface area contributed by atoms with Gasteiger partial charge >= 0.3 is 5.97 Å². The van der Waals surface area contributed by atoms with E-state index >= 15 is 0 Å². The number of esters is 1. The van der Waals surface area contributed by atoms with Crippen LogP contribution in [-0.4, -0.2) is 40.4 Å². The van der Waals surface area contributed by atoms with Crippen molar-refractivity contribution in [1.82, 2.24) is 14.5 Å². The Balaban J connectivity index is 1.39. The monoisotopic (exact) mass is 560 g/mol. The quantitative estimate of drug-likeness (QED) is 0.173. The Morgan fingerprint density at radius 1 is 0.881 bits per heavy atom. The third-order valence-electron chi connectivity index (χ3n) is 7.27. The van der Waals surface area contributed by atoms with Crippen molar-refractivity contribution in [2.45, 2.75) is 39.5 Å². The van der Waals surface area contributed by atoms with Gasteiger partial charge < -0.3 is 15.0 Å². The molecule has 0 fully saturated rings. The average molecular weight is 561 g/mol. The Labute approximate surface area is 246 Å². The zero-order valence-corrected chi connectivity index (χ0v) is 24.3. The van der Waals surface area contributed by atoms with Crippen LogP contribution in [0.1, 0.15) is 51.9 Å². The normalized spacial score (nSPS) is 10.9. The Kier molecular flexibility index (Phi) is 8.97. The van der Waals surface area contributed by atoms with E-state index in [-0.39, 0.29) is 18.6 Å². The maximum atomic E-state index is 13.4. The number of fused-ring (bicyclic) bond motifs is 1. The van der Waals surface area contributed by atoms with Crippen LogP contribution in [0.4, 0.5) is 5.69 Å². The van der Waals surface area contributed by atoms with Gasteiger partial charge in [-0.05, 0) is 53.4 Å². The van der Waals surface area contributed by atoms with E-state index in [1.807, 2.05) is 95.6 Å². The Morgan fingerprint density at radius 3 is 2.36 bits per heavy atom. The molecule has 214 valence electrons. The maximum Gasteiger partial charge on any atom is 0.340 e. The molecule has 7 heteroatoms. The minimum absolute atomic E-state index is 0.0304. The van der Waals surface area contributed by atoms with Crippen LogP contribution in [0.3, 0.4) is 0 Å². The van der Waals surface area contributed by atoms with Crippen LogP contribution < -0.4 is 5.32 Å². The Hall–Kier alpha value is -4.91. The number of aromatic nitrogens is 2. The van der Waals surface area contributed by atoms with Gasteiger partial charge in [-0.3, -0.25) is 9.36 Å². The summed E-state index contributed by atoms with van der Waals surface area (Å²) in [6, 6.07) is 31.0. The Morgan fingerprint density at radius 2 is 1.60 bits per heavy atom. The first-order valence-electron chi connectivity index (χ1n) is 14.3. The zero-order chi connectivity index (χ0) is 29.5. The molecule has 0 atom stereocenters. The average Bonchev–Trinajstić information content (AvgIpc) is 3.38. The topological polar surface area (TPSA) is 76.5 Å². The van der Waals surface area contributed by atoms with Crippen LogP contribution in [0.5, 0.6) is 0 Å². The summed E-state index contributed by atoms with van der Waals surface area (Å²) in [4.78, 5) is 32.5. The fraction of sp³-hybridized carbons (Fsp3) is 0.229. The highest BCUT2D eigenvalue weighted by Gasteiger charge is 2.17. The summed E-state index contributed by atoms with van der Waals surface area (Å²) in [6.45, 7) is 2.69. The molecule has 5 rings (SSSR count). The maximum absolute atomic E-state index is 13.4. The molecular weight excluding hydrogens is 524 g/mol. The summed E-state index contributed by atoms with van der Waals surface area (Å²) >= 11 is 0. The SMILES string of the molecule is CCCCc1nc2ccc(NCc3ccccc3C(=O)N(C)C)cc2n1COC(=O)c1ccccc1-c1ccccc1. The highest BCUT2D eigenvalue weighted by Crippen LogP contribution is 2.26. The van der Waals surface area contributed by atoms with Crippen LogP contribution >= 0.6 is 0 Å². The molecule has 1 amide bonds. The van der Waals surface area contributed by atoms with Gasteiger partial charge in [0.2, 0.25) is 0 Å². The number of amides is 1. The second-order valence-corrected chi connectivity index (χ2v) is 10.4. The van der Waals surface area contributed by atoms with Crippen molar-refractivity contribution in [2.75, 3.05) is 19.4 Å². The van der Waals surface area contributed by atoms with Crippen LogP contribution in [0.25, 0.3) is 22.2 Å². The number of benzene rings is 4. The molecule has 0 aliphatic carbocycles. The van der Waals surface area contributed by atoms with Crippen LogP contribution in [-0.2, 0) is 24.4 Å². The number of unbranched alkanes of at least 4 members (excludes halogenated alkanes) is 1. The van der Waals surface area contributed by atoms with Crippen molar-refractivity contribution < 1.29 is 14.3 Å². The second-order valence-electron chi connectivity index (χ2n) is 10.4. The standard InChI is InChI=1S/C35H36N4O3/c1-4-5-19-33-37-31-21-20-27(36-23-26-15-9-10-17-29(26)34(40)38(2)3)22-32(31)39(33)24-42-35(41)30-18-12-11-16-28(30)25-13-7-6-8-14-25/h6-18,20-22,36H,4-5,19,23-24H2,1-3H3. The van der Waals surface area contributed by atoms with E-state index in [1.165, 1.54) is 0 Å². The molecule has 0 spiro atoms. The number of ether oxygens (including phenoxy) is 1. The number of aryl methyl sites for hydroxylation is 1. The number of hydrogen-bond donors (Lipinski definition) is 1. The molecule has 1 aromatic heterocycles. The number of carbonyl (C=O) groups excluding carboxylic acids is 2. The van der Waals surface area contributed by atoms with E-state index in [4.69, 9.17) is 9.72 Å². The minimum Gasteiger partial charge on any atom is -0.440 e. The zero-order valence-electron chi connectivity index (χ0n) is 24.3. The van der Waals surface area contributed by atoms with Gasteiger partial charge in [-0.25, -0.2) is 9.78 Å². The van der Waals surface area contributed by atoms with E-state index in [9.17, 15) is 9.59 Å². The number of nitrogens with one attached hydrogen (secondary N) is 1. The second kappa shape index (κ2) is 13.2. The Bertz CT molecular complexity index is 1690. The van der Waals surface area contributed by atoms with Gasteiger partial charge in [-0.15, -0.1) is 0 Å². The number of nitrogens with zero attached hydrogens (tertiary/aromatic N) is 3. The molecule has 0 radical (unpaired) electrons. The van der Waals surface area contributed by atoms with Gasteiger partial charge in [0, 0.05) is 38.3 Å². The lowest BCUT2D eigenvalue weighted by Crippen LogP contribution is -2.23. The lowest BCUT2D eigenvalue weighted by Gasteiger charge is -2.15. The summed E-state index contributed by atoms with van der Waals surface area (Å²) in [5.74, 6) is 0.474. The summed E-state index contributed by atoms with van der Waals surface area (Å²) in [5.41, 5.74) is 6.53. The van der Waals surface area contributed by atoms with Crippen molar-refractivity contribution in [3.63, 3.8) is 0 Å². The largest absolute Gasteiger partial charge is 0.440 e. The highest BCUT2D eigenvalue weighted by molar-refractivity contribution is 5.97. The number of rotatable bonds is 11. The molecule has 7 nitrogen and oxygen atoms in total.